The number of aliphatic hydroxyl groups is 1. The summed E-state index contributed by atoms with van der Waals surface area (Å²) in [5, 5.41) is 53.9. The third-order valence-electron chi connectivity index (χ3n) is 12.8. The molecule has 4 atom stereocenters. The van der Waals surface area contributed by atoms with Gasteiger partial charge in [0.15, 0.2) is 11.6 Å². The average molecular weight is 1120 g/mol. The predicted octanol–water partition coefficient (Wildman–Crippen LogP) is 4.63. The summed E-state index contributed by atoms with van der Waals surface area (Å²) >= 11 is 0. The average Bonchev–Trinajstić information content (AvgIpc) is 3.39. The standard InChI is InChI=1S/C54H92N4O20/c1-2-40(46(62)37-59)19-17-18-28-55-47(63)27-24-45(54(73)74)57-48(64)25-22-42(53(71)72)36-44(61)38-76-32-31-75-30-29-56-50(66)39-77-33-34-78-58-49(65)26-23-41(52(69)70)35-43(60)20-15-13-11-9-7-5-3-4-6-8-10-12-14-16-21-51(67)68/h40-42,45,59H,2-39H2,1H3,(H,55,63)(H,56,66)(H,57,64)(H,58,65)(H,67,68)(H,69,70)(H,71,72)(H,73,74)/t40-,41+,42+,45-/m0/s1. The number of unbranched alkanes of at least 4 members (excludes halogenated alkanes) is 14. The first-order valence-corrected chi connectivity index (χ1v) is 27.9. The van der Waals surface area contributed by atoms with E-state index in [4.69, 9.17) is 29.3 Å². The first kappa shape index (κ1) is 72.6. The number of carboxylic acids is 4. The van der Waals surface area contributed by atoms with Gasteiger partial charge in [0.25, 0.3) is 0 Å². The number of hydrogen-bond acceptors (Lipinski definition) is 16. The van der Waals surface area contributed by atoms with E-state index in [-0.39, 0.29) is 115 Å². The van der Waals surface area contributed by atoms with E-state index in [1.54, 1.807) is 0 Å². The topological polar surface area (TPSA) is 374 Å². The molecule has 0 aliphatic heterocycles. The number of aliphatic carboxylic acids is 4. The highest BCUT2D eigenvalue weighted by Gasteiger charge is 2.26. The van der Waals surface area contributed by atoms with E-state index in [1.807, 2.05) is 6.92 Å². The first-order valence-electron chi connectivity index (χ1n) is 27.9. The minimum absolute atomic E-state index is 0.0205. The Hall–Kier alpha value is -5.43. The fourth-order valence-corrected chi connectivity index (χ4v) is 8.19. The van der Waals surface area contributed by atoms with E-state index in [9.17, 15) is 68.1 Å². The summed E-state index contributed by atoms with van der Waals surface area (Å²) < 4.78 is 15.8. The quantitative estimate of drug-likeness (QED) is 0.0296. The molecule has 0 saturated heterocycles. The first-order chi connectivity index (χ1) is 37.4. The van der Waals surface area contributed by atoms with Crippen LogP contribution in [-0.2, 0) is 71.8 Å². The Kier molecular flexibility index (Phi) is 45.3. The maximum Gasteiger partial charge on any atom is 0.326 e. The fourth-order valence-electron chi connectivity index (χ4n) is 8.19. The summed E-state index contributed by atoms with van der Waals surface area (Å²) in [6.45, 7) is 1.01. The molecule has 24 nitrogen and oxygen atoms in total. The largest absolute Gasteiger partial charge is 0.481 e. The number of hydrogen-bond donors (Lipinski definition) is 9. The van der Waals surface area contributed by atoms with Gasteiger partial charge in [-0.2, -0.15) is 0 Å². The van der Waals surface area contributed by atoms with Gasteiger partial charge >= 0.3 is 23.9 Å². The highest BCUT2D eigenvalue weighted by molar-refractivity contribution is 5.87. The molecule has 9 N–H and O–H groups in total. The lowest BCUT2D eigenvalue weighted by Crippen LogP contribution is -2.42. The lowest BCUT2D eigenvalue weighted by atomic mass is 9.94. The minimum atomic E-state index is -1.40. The van der Waals surface area contributed by atoms with Gasteiger partial charge in [-0.25, -0.2) is 10.3 Å². The molecular weight excluding hydrogens is 1020 g/mol. The Labute approximate surface area is 458 Å². The van der Waals surface area contributed by atoms with Crippen molar-refractivity contribution in [3.8, 4) is 0 Å². The summed E-state index contributed by atoms with van der Waals surface area (Å²) in [6, 6.07) is -1.40. The Morgan fingerprint density at radius 2 is 0.923 bits per heavy atom. The number of carboxylic acid groups (broad SMARTS) is 4. The van der Waals surface area contributed by atoms with Crippen LogP contribution in [-0.4, -0.2) is 162 Å². The molecule has 0 aromatic rings. The van der Waals surface area contributed by atoms with Crippen LogP contribution in [0, 0.1) is 17.8 Å². The van der Waals surface area contributed by atoms with Crippen LogP contribution in [0.3, 0.4) is 0 Å². The fraction of sp³-hybridized carbons (Fsp3) is 0.796. The predicted molar refractivity (Wildman–Crippen MR) is 283 cm³/mol. The van der Waals surface area contributed by atoms with Crippen molar-refractivity contribution < 1.29 is 97.3 Å². The number of nitrogens with one attached hydrogen (secondary N) is 4. The number of hydroxylamine groups is 1. The summed E-state index contributed by atoms with van der Waals surface area (Å²) in [4.78, 5) is 136. The Morgan fingerprint density at radius 1 is 0.423 bits per heavy atom. The second kappa shape index (κ2) is 48.7. The third kappa shape index (κ3) is 43.5. The molecule has 0 rings (SSSR count). The number of aliphatic hydroxyl groups excluding tert-OH is 1. The van der Waals surface area contributed by atoms with Crippen LogP contribution < -0.4 is 21.4 Å². The van der Waals surface area contributed by atoms with Crippen molar-refractivity contribution >= 4 is 64.9 Å². The van der Waals surface area contributed by atoms with Gasteiger partial charge in [-0.3, -0.25) is 52.8 Å². The van der Waals surface area contributed by atoms with Gasteiger partial charge in [0.1, 0.15) is 31.6 Å². The molecule has 4 amide bonds. The van der Waals surface area contributed by atoms with Crippen molar-refractivity contribution in [1.29, 1.82) is 0 Å². The zero-order chi connectivity index (χ0) is 58.2. The number of carbonyl (C=O) groups is 11. The zero-order valence-electron chi connectivity index (χ0n) is 46.0. The van der Waals surface area contributed by atoms with Crippen molar-refractivity contribution in [3.63, 3.8) is 0 Å². The molecule has 0 unspecified atom stereocenters. The number of carbonyl (C=O) groups excluding carboxylic acids is 7. The summed E-state index contributed by atoms with van der Waals surface area (Å²) in [5.41, 5.74) is 2.19. The van der Waals surface area contributed by atoms with Gasteiger partial charge in [0.05, 0.1) is 44.9 Å². The molecule has 0 fully saturated rings. The van der Waals surface area contributed by atoms with E-state index in [1.165, 1.54) is 32.1 Å². The van der Waals surface area contributed by atoms with Gasteiger partial charge in [-0.15, -0.1) is 0 Å². The Morgan fingerprint density at radius 3 is 1.47 bits per heavy atom. The third-order valence-corrected chi connectivity index (χ3v) is 12.8. The van der Waals surface area contributed by atoms with Crippen molar-refractivity contribution in [2.45, 2.75) is 193 Å². The molecule has 0 spiro atoms. The summed E-state index contributed by atoms with van der Waals surface area (Å²) in [5.74, 6) is -10.2. The molecule has 0 aliphatic rings. The zero-order valence-corrected chi connectivity index (χ0v) is 46.0. The molecule has 78 heavy (non-hydrogen) atoms. The van der Waals surface area contributed by atoms with Crippen molar-refractivity contribution in [3.05, 3.63) is 0 Å². The maximum atomic E-state index is 12.5. The SMILES string of the molecule is CC[C@@H](CCCCNC(=O)CC[C@H](NC(=O)CC[C@H](CC(=O)COCCOCCNC(=O)COCCONC(=O)CC[C@H](CC(=O)CCCCCCCCCCCCCCCCC(=O)O)C(=O)O)C(=O)O)C(=O)O)C(=O)CO. The molecule has 0 aromatic carbocycles. The van der Waals surface area contributed by atoms with E-state index in [0.717, 1.165) is 51.4 Å². The van der Waals surface area contributed by atoms with Gasteiger partial charge in [-0.05, 0) is 51.4 Å². The van der Waals surface area contributed by atoms with Crippen molar-refractivity contribution in [2.24, 2.45) is 17.8 Å². The molecule has 0 saturated carbocycles. The Balaban J connectivity index is 4.03. The van der Waals surface area contributed by atoms with E-state index < -0.39 is 90.8 Å². The molecule has 0 bridgehead atoms. The van der Waals surface area contributed by atoms with E-state index in [0.29, 0.717) is 45.1 Å². The molecule has 0 radical (unpaired) electrons. The lowest BCUT2D eigenvalue weighted by Gasteiger charge is -2.16. The van der Waals surface area contributed by atoms with Crippen LogP contribution in [0.15, 0.2) is 0 Å². The molecular formula is C54H92N4O20. The normalized spacial score (nSPS) is 12.6. The van der Waals surface area contributed by atoms with Crippen LogP contribution in [0.1, 0.15) is 187 Å². The minimum Gasteiger partial charge on any atom is -0.481 e. The smallest absolute Gasteiger partial charge is 0.326 e. The van der Waals surface area contributed by atoms with Crippen molar-refractivity contribution in [2.75, 3.05) is 65.9 Å². The van der Waals surface area contributed by atoms with Crippen molar-refractivity contribution in [1.82, 2.24) is 21.4 Å². The second-order valence-corrected chi connectivity index (χ2v) is 19.5. The van der Waals surface area contributed by atoms with E-state index in [2.05, 4.69) is 21.4 Å². The number of Topliss-reactive ketones (excluding diaryl/α,β-unsaturated/α-hetero) is 3. The Bertz CT molecular complexity index is 1770. The van der Waals surface area contributed by atoms with Gasteiger partial charge in [0.2, 0.25) is 23.6 Å². The van der Waals surface area contributed by atoms with Crippen LogP contribution >= 0.6 is 0 Å². The summed E-state index contributed by atoms with van der Waals surface area (Å²) in [6.07, 6.45) is 16.0. The molecule has 0 aliphatic carbocycles. The summed E-state index contributed by atoms with van der Waals surface area (Å²) in [7, 11) is 0. The van der Waals surface area contributed by atoms with Crippen LogP contribution in [0.25, 0.3) is 0 Å². The number of ether oxygens (including phenoxy) is 3. The highest BCUT2D eigenvalue weighted by Crippen LogP contribution is 2.18. The number of rotatable bonds is 56. The molecule has 24 heteroatoms. The van der Waals surface area contributed by atoms with Gasteiger partial charge < -0.3 is 55.7 Å². The molecule has 0 heterocycles. The van der Waals surface area contributed by atoms with Crippen LogP contribution in [0.5, 0.6) is 0 Å². The second-order valence-electron chi connectivity index (χ2n) is 19.5. The lowest BCUT2D eigenvalue weighted by molar-refractivity contribution is -0.145. The molecule has 448 valence electrons. The maximum absolute atomic E-state index is 12.5. The highest BCUT2D eigenvalue weighted by atomic mass is 16.7. The monoisotopic (exact) mass is 1120 g/mol. The number of amides is 4. The van der Waals surface area contributed by atoms with Gasteiger partial charge in [0, 0.05) is 64.0 Å². The van der Waals surface area contributed by atoms with Crippen LogP contribution in [0.2, 0.25) is 0 Å². The van der Waals surface area contributed by atoms with E-state index >= 15 is 0 Å². The van der Waals surface area contributed by atoms with Crippen LogP contribution in [0.4, 0.5) is 0 Å². The van der Waals surface area contributed by atoms with Gasteiger partial charge in [-0.1, -0.05) is 90.4 Å². The number of ketones is 3. The molecule has 0 aromatic heterocycles.